The van der Waals surface area contributed by atoms with Gasteiger partial charge in [-0.25, -0.2) is 4.79 Å². The van der Waals surface area contributed by atoms with Crippen molar-refractivity contribution in [2.75, 3.05) is 30.9 Å². The van der Waals surface area contributed by atoms with Gasteiger partial charge in [0.05, 0.1) is 20.3 Å². The van der Waals surface area contributed by atoms with Crippen LogP contribution in [0, 0.1) is 0 Å². The monoisotopic (exact) mass is 354 g/mol. The predicted molar refractivity (Wildman–Crippen MR) is 102 cm³/mol. The fraction of sp³-hybridized carbons (Fsp3) is 0.200. The second-order valence-electron chi connectivity index (χ2n) is 5.34. The number of nitrogens with one attached hydrogen (secondary N) is 2. The van der Waals surface area contributed by atoms with E-state index in [1.54, 1.807) is 44.4 Å². The molecule has 1 amide bonds. The maximum Gasteiger partial charge on any atom is 0.330 e. The number of rotatable bonds is 8. The van der Waals surface area contributed by atoms with Crippen molar-refractivity contribution in [3.8, 4) is 5.75 Å². The zero-order valence-corrected chi connectivity index (χ0v) is 14.8. The van der Waals surface area contributed by atoms with Gasteiger partial charge in [-0.2, -0.15) is 0 Å². The first-order valence-corrected chi connectivity index (χ1v) is 8.23. The largest absolute Gasteiger partial charge is 0.497 e. The van der Waals surface area contributed by atoms with Gasteiger partial charge < -0.3 is 20.1 Å². The number of ether oxygens (including phenoxy) is 2. The molecule has 2 N–H and O–H groups in total. The molecule has 6 heteroatoms. The van der Waals surface area contributed by atoms with Crippen LogP contribution < -0.4 is 15.4 Å². The lowest BCUT2D eigenvalue weighted by Crippen LogP contribution is -2.21. The van der Waals surface area contributed by atoms with E-state index in [2.05, 4.69) is 10.6 Å². The maximum absolute atomic E-state index is 12.0. The first-order valence-electron chi connectivity index (χ1n) is 8.23. The van der Waals surface area contributed by atoms with Crippen molar-refractivity contribution in [1.82, 2.24) is 0 Å². The molecule has 6 nitrogen and oxygen atoms in total. The molecule has 0 radical (unpaired) electrons. The first kappa shape index (κ1) is 19.1. The van der Waals surface area contributed by atoms with Crippen molar-refractivity contribution in [2.24, 2.45) is 0 Å². The molecule has 2 aromatic rings. The summed E-state index contributed by atoms with van der Waals surface area (Å²) in [6.07, 6.45) is 3.03. The van der Waals surface area contributed by atoms with Gasteiger partial charge in [0.25, 0.3) is 0 Å². The van der Waals surface area contributed by atoms with E-state index < -0.39 is 0 Å². The van der Waals surface area contributed by atoms with Gasteiger partial charge in [-0.15, -0.1) is 0 Å². The molecule has 0 bridgehead atoms. The van der Waals surface area contributed by atoms with E-state index in [4.69, 9.17) is 9.47 Å². The van der Waals surface area contributed by atoms with Crippen LogP contribution in [0.15, 0.2) is 54.6 Å². The molecule has 0 aliphatic carbocycles. The molecule has 0 unspecified atom stereocenters. The van der Waals surface area contributed by atoms with Crippen molar-refractivity contribution >= 4 is 29.3 Å². The van der Waals surface area contributed by atoms with Gasteiger partial charge >= 0.3 is 5.97 Å². The van der Waals surface area contributed by atoms with Crippen LogP contribution in [0.4, 0.5) is 11.4 Å². The zero-order valence-electron chi connectivity index (χ0n) is 14.8. The summed E-state index contributed by atoms with van der Waals surface area (Å²) in [5, 5.41) is 5.85. The summed E-state index contributed by atoms with van der Waals surface area (Å²) in [6.45, 7) is 2.24. The molecule has 0 aliphatic heterocycles. The average Bonchev–Trinajstić information content (AvgIpc) is 2.66. The number of methoxy groups -OCH3 is 1. The van der Waals surface area contributed by atoms with E-state index in [0.717, 1.165) is 17.0 Å². The average molecular weight is 354 g/mol. The molecule has 0 saturated heterocycles. The van der Waals surface area contributed by atoms with E-state index in [1.165, 1.54) is 6.08 Å². The van der Waals surface area contributed by atoms with Crippen LogP contribution in [0.3, 0.4) is 0 Å². The number of hydrogen-bond acceptors (Lipinski definition) is 5. The van der Waals surface area contributed by atoms with Crippen molar-refractivity contribution < 1.29 is 19.1 Å². The third kappa shape index (κ3) is 6.32. The fourth-order valence-corrected chi connectivity index (χ4v) is 2.15. The Bertz CT molecular complexity index is 770. The molecule has 2 aromatic carbocycles. The summed E-state index contributed by atoms with van der Waals surface area (Å²) in [4.78, 5) is 23.3. The number of carbonyl (C=O) groups excluding carboxylic acids is 2. The molecule has 2 rings (SSSR count). The highest BCUT2D eigenvalue weighted by Gasteiger charge is 2.03. The van der Waals surface area contributed by atoms with E-state index in [-0.39, 0.29) is 18.4 Å². The van der Waals surface area contributed by atoms with E-state index in [0.29, 0.717) is 12.3 Å². The second kappa shape index (κ2) is 9.88. The minimum absolute atomic E-state index is 0.137. The van der Waals surface area contributed by atoms with Gasteiger partial charge in [0.2, 0.25) is 5.91 Å². The van der Waals surface area contributed by atoms with Gasteiger partial charge in [0, 0.05) is 23.5 Å². The number of amides is 1. The molecule has 0 aromatic heterocycles. The molecule has 0 spiro atoms. The number of benzene rings is 2. The van der Waals surface area contributed by atoms with Crippen LogP contribution in [0.1, 0.15) is 12.5 Å². The summed E-state index contributed by atoms with van der Waals surface area (Å²) in [5.74, 6) is 0.179. The highest BCUT2D eigenvalue weighted by molar-refractivity contribution is 5.94. The number of esters is 1. The van der Waals surface area contributed by atoms with E-state index >= 15 is 0 Å². The lowest BCUT2D eigenvalue weighted by Gasteiger charge is -2.09. The molecule has 0 atom stereocenters. The number of carbonyl (C=O) groups is 2. The third-order valence-electron chi connectivity index (χ3n) is 3.42. The standard InChI is InChI=1S/C20H22N2O4/c1-3-26-20(24)12-9-15-7-10-16(11-8-15)22-19(23)14-21-17-5-4-6-18(13-17)25-2/h4-13,21H,3,14H2,1-2H3,(H,22,23)/b12-9+. The van der Waals surface area contributed by atoms with Gasteiger partial charge in [0.1, 0.15) is 5.75 Å². The normalized spacial score (nSPS) is 10.4. The Balaban J connectivity index is 1.84. The minimum Gasteiger partial charge on any atom is -0.497 e. The summed E-state index contributed by atoms with van der Waals surface area (Å²) >= 11 is 0. The van der Waals surface area contributed by atoms with Crippen LogP contribution in [0.25, 0.3) is 6.08 Å². The predicted octanol–water partition coefficient (Wildman–Crippen LogP) is 3.32. The Morgan fingerprint density at radius 1 is 1.08 bits per heavy atom. The number of hydrogen-bond donors (Lipinski definition) is 2. The molecule has 0 heterocycles. The van der Waals surface area contributed by atoms with Crippen molar-refractivity contribution in [3.63, 3.8) is 0 Å². The van der Waals surface area contributed by atoms with Crippen molar-refractivity contribution in [1.29, 1.82) is 0 Å². The van der Waals surface area contributed by atoms with Crippen LogP contribution >= 0.6 is 0 Å². The lowest BCUT2D eigenvalue weighted by atomic mass is 10.2. The lowest BCUT2D eigenvalue weighted by molar-refractivity contribution is -0.137. The zero-order chi connectivity index (χ0) is 18.8. The van der Waals surface area contributed by atoms with Crippen molar-refractivity contribution in [2.45, 2.75) is 6.92 Å². The summed E-state index contributed by atoms with van der Waals surface area (Å²) in [5.41, 5.74) is 2.32. The number of anilines is 2. The third-order valence-corrected chi connectivity index (χ3v) is 3.42. The summed E-state index contributed by atoms with van der Waals surface area (Å²) < 4.78 is 9.96. The van der Waals surface area contributed by atoms with E-state index in [1.807, 2.05) is 24.3 Å². The maximum atomic E-state index is 12.0. The topological polar surface area (TPSA) is 76.7 Å². The minimum atomic E-state index is -0.381. The van der Waals surface area contributed by atoms with Crippen LogP contribution in [0.2, 0.25) is 0 Å². The highest BCUT2D eigenvalue weighted by Crippen LogP contribution is 2.16. The second-order valence-corrected chi connectivity index (χ2v) is 5.34. The Kier molecular flexibility index (Phi) is 7.24. The van der Waals surface area contributed by atoms with Gasteiger partial charge in [0.15, 0.2) is 0 Å². The molecule has 0 saturated carbocycles. The Labute approximate surface area is 152 Å². The quantitative estimate of drug-likeness (QED) is 0.562. The van der Waals surface area contributed by atoms with Crippen molar-refractivity contribution in [3.05, 3.63) is 60.2 Å². The smallest absolute Gasteiger partial charge is 0.330 e. The Morgan fingerprint density at radius 3 is 2.54 bits per heavy atom. The SMILES string of the molecule is CCOC(=O)/C=C/c1ccc(NC(=O)CNc2cccc(OC)c2)cc1. The molecule has 26 heavy (non-hydrogen) atoms. The molecule has 0 aliphatic rings. The Morgan fingerprint density at radius 2 is 1.85 bits per heavy atom. The molecular weight excluding hydrogens is 332 g/mol. The molecular formula is C20H22N2O4. The van der Waals surface area contributed by atoms with Gasteiger partial charge in [-0.1, -0.05) is 18.2 Å². The molecule has 0 fully saturated rings. The van der Waals surface area contributed by atoms with E-state index in [9.17, 15) is 9.59 Å². The summed E-state index contributed by atoms with van der Waals surface area (Å²) in [6, 6.07) is 14.5. The van der Waals surface area contributed by atoms with Crippen LogP contribution in [-0.2, 0) is 14.3 Å². The first-order chi connectivity index (χ1) is 12.6. The summed E-state index contributed by atoms with van der Waals surface area (Å²) in [7, 11) is 1.59. The van der Waals surface area contributed by atoms with Crippen LogP contribution in [0.5, 0.6) is 5.75 Å². The highest BCUT2D eigenvalue weighted by atomic mass is 16.5. The van der Waals surface area contributed by atoms with Gasteiger partial charge in [-0.3, -0.25) is 4.79 Å². The Hall–Kier alpha value is -3.28. The molecule has 136 valence electrons. The van der Waals surface area contributed by atoms with Crippen LogP contribution in [-0.4, -0.2) is 32.1 Å². The fourth-order valence-electron chi connectivity index (χ4n) is 2.15. The van der Waals surface area contributed by atoms with Gasteiger partial charge in [-0.05, 0) is 42.8 Å².